The Balaban J connectivity index is 1.76. The molecule has 0 N–H and O–H groups in total. The smallest absolute Gasteiger partial charge is 0.374 e. The van der Waals surface area contributed by atoms with Gasteiger partial charge in [0, 0.05) is 56.8 Å². The molecule has 0 amide bonds. The van der Waals surface area contributed by atoms with E-state index in [0.29, 0.717) is 51.4 Å². The first-order chi connectivity index (χ1) is 13.9. The lowest BCUT2D eigenvalue weighted by atomic mass is 10.1. The number of furan rings is 1. The molecule has 0 aliphatic carbocycles. The van der Waals surface area contributed by atoms with Gasteiger partial charge in [-0.2, -0.15) is 17.0 Å². The maximum Gasteiger partial charge on any atom is 0.374 e. The van der Waals surface area contributed by atoms with Crippen molar-refractivity contribution in [3.63, 3.8) is 0 Å². The minimum absolute atomic E-state index is 0.228. The molecule has 29 heavy (non-hydrogen) atoms. The fourth-order valence-electron chi connectivity index (χ4n) is 3.67. The average molecular weight is 424 g/mol. The first-order valence-electron chi connectivity index (χ1n) is 10.1. The summed E-state index contributed by atoms with van der Waals surface area (Å²) in [4.78, 5) is 14.5. The van der Waals surface area contributed by atoms with Crippen molar-refractivity contribution in [2.75, 3.05) is 45.9 Å². The summed E-state index contributed by atoms with van der Waals surface area (Å²) < 4.78 is 39.4. The zero-order valence-electron chi connectivity index (χ0n) is 17.3. The van der Waals surface area contributed by atoms with Crippen molar-refractivity contribution in [2.45, 2.75) is 27.3 Å². The minimum atomic E-state index is -3.43. The molecule has 160 valence electrons. The van der Waals surface area contributed by atoms with Gasteiger partial charge in [-0.05, 0) is 13.0 Å². The van der Waals surface area contributed by atoms with Gasteiger partial charge in [-0.1, -0.05) is 32.0 Å². The number of fused-ring (bicyclic) bond motifs is 1. The summed E-state index contributed by atoms with van der Waals surface area (Å²) >= 11 is 0. The molecule has 0 unspecified atom stereocenters. The van der Waals surface area contributed by atoms with Gasteiger partial charge in [-0.15, -0.1) is 0 Å². The van der Waals surface area contributed by atoms with Crippen molar-refractivity contribution in [3.05, 3.63) is 35.6 Å². The van der Waals surface area contributed by atoms with Gasteiger partial charge in [0.2, 0.25) is 5.76 Å². The van der Waals surface area contributed by atoms with E-state index in [9.17, 15) is 13.2 Å². The van der Waals surface area contributed by atoms with Crippen molar-refractivity contribution in [3.8, 4) is 0 Å². The Morgan fingerprint density at radius 3 is 2.38 bits per heavy atom. The van der Waals surface area contributed by atoms with E-state index in [2.05, 4.69) is 4.90 Å². The van der Waals surface area contributed by atoms with Crippen LogP contribution >= 0.6 is 0 Å². The third-order valence-corrected chi connectivity index (χ3v) is 7.42. The summed E-state index contributed by atoms with van der Waals surface area (Å²) in [7, 11) is -3.43. The van der Waals surface area contributed by atoms with Crippen LogP contribution in [-0.2, 0) is 21.5 Å². The molecule has 0 atom stereocenters. The van der Waals surface area contributed by atoms with Crippen molar-refractivity contribution < 1.29 is 22.4 Å². The van der Waals surface area contributed by atoms with E-state index in [1.54, 1.807) is 6.92 Å². The minimum Gasteiger partial charge on any atom is -0.460 e. The Morgan fingerprint density at radius 2 is 1.76 bits per heavy atom. The van der Waals surface area contributed by atoms with Crippen molar-refractivity contribution in [2.24, 2.45) is 0 Å². The number of piperazine rings is 1. The van der Waals surface area contributed by atoms with E-state index in [0.717, 1.165) is 10.9 Å². The average Bonchev–Trinajstić information content (AvgIpc) is 3.08. The van der Waals surface area contributed by atoms with E-state index in [-0.39, 0.29) is 12.4 Å². The number of ether oxygens (including phenoxy) is 1. The number of hydrogen-bond donors (Lipinski definition) is 0. The number of carbonyl (C=O) groups excluding carboxylic acids is 1. The summed E-state index contributed by atoms with van der Waals surface area (Å²) in [6.07, 6.45) is 0. The van der Waals surface area contributed by atoms with Crippen LogP contribution in [0.15, 0.2) is 28.7 Å². The zero-order valence-corrected chi connectivity index (χ0v) is 18.1. The highest BCUT2D eigenvalue weighted by molar-refractivity contribution is 7.86. The molecule has 1 aliphatic rings. The second-order valence-corrected chi connectivity index (χ2v) is 8.82. The molecule has 0 spiro atoms. The number of benzene rings is 1. The fraction of sp³-hybridized carbons (Fsp3) is 0.550. The number of para-hydroxylation sites is 1. The standard InChI is InChI=1S/C20H29N3O5S/c1-4-22(5-2)29(25,26)23-13-11-21(12-14-23)15-17-16-9-7-8-10-18(16)28-19(17)20(24)27-6-3/h7-10H,4-6,11-15H2,1-3H3. The van der Waals surface area contributed by atoms with Crippen molar-refractivity contribution in [1.82, 2.24) is 13.5 Å². The van der Waals surface area contributed by atoms with Gasteiger partial charge in [0.05, 0.1) is 6.61 Å². The number of rotatable bonds is 8. The molecule has 1 saturated heterocycles. The molecule has 0 radical (unpaired) electrons. The van der Waals surface area contributed by atoms with Gasteiger partial charge in [0.15, 0.2) is 0 Å². The van der Waals surface area contributed by atoms with E-state index >= 15 is 0 Å². The highest BCUT2D eigenvalue weighted by Crippen LogP contribution is 2.28. The van der Waals surface area contributed by atoms with Gasteiger partial charge in [-0.25, -0.2) is 4.79 Å². The molecule has 8 nitrogen and oxygen atoms in total. The molecule has 1 aromatic heterocycles. The van der Waals surface area contributed by atoms with Crippen LogP contribution in [-0.4, -0.2) is 73.8 Å². The largest absolute Gasteiger partial charge is 0.460 e. The number of hydrogen-bond acceptors (Lipinski definition) is 6. The van der Waals surface area contributed by atoms with Crippen LogP contribution in [0, 0.1) is 0 Å². The lowest BCUT2D eigenvalue weighted by molar-refractivity contribution is 0.0488. The van der Waals surface area contributed by atoms with Crippen LogP contribution in [0.5, 0.6) is 0 Å². The summed E-state index contributed by atoms with van der Waals surface area (Å²) in [6.45, 7) is 9.16. The summed E-state index contributed by atoms with van der Waals surface area (Å²) in [5.74, 6) is -0.243. The quantitative estimate of drug-likeness (QED) is 0.606. The van der Waals surface area contributed by atoms with Gasteiger partial charge in [-0.3, -0.25) is 4.90 Å². The van der Waals surface area contributed by atoms with Gasteiger partial charge in [0.25, 0.3) is 10.2 Å². The molecule has 2 heterocycles. The Bertz CT molecular complexity index is 944. The van der Waals surface area contributed by atoms with Crippen LogP contribution in [0.25, 0.3) is 11.0 Å². The van der Waals surface area contributed by atoms with E-state index in [4.69, 9.17) is 9.15 Å². The maximum absolute atomic E-state index is 12.7. The van der Waals surface area contributed by atoms with Crippen LogP contribution in [0.3, 0.4) is 0 Å². The molecule has 1 aliphatic heterocycles. The molecule has 9 heteroatoms. The van der Waals surface area contributed by atoms with Gasteiger partial charge >= 0.3 is 5.97 Å². The Labute approximate surface area is 172 Å². The van der Waals surface area contributed by atoms with Gasteiger partial charge < -0.3 is 9.15 Å². The lowest BCUT2D eigenvalue weighted by Gasteiger charge is -2.36. The Morgan fingerprint density at radius 1 is 1.10 bits per heavy atom. The molecule has 0 saturated carbocycles. The number of nitrogens with zero attached hydrogens (tertiary/aromatic N) is 3. The predicted molar refractivity (Wildman–Crippen MR) is 111 cm³/mol. The third kappa shape index (κ3) is 4.48. The number of esters is 1. The Hall–Kier alpha value is -1.94. The first kappa shape index (κ1) is 21.8. The first-order valence-corrected chi connectivity index (χ1v) is 11.5. The maximum atomic E-state index is 12.7. The van der Waals surface area contributed by atoms with E-state index < -0.39 is 16.2 Å². The zero-order chi connectivity index (χ0) is 21.0. The topological polar surface area (TPSA) is 83.3 Å². The van der Waals surface area contributed by atoms with Crippen LogP contribution in [0.1, 0.15) is 36.9 Å². The van der Waals surface area contributed by atoms with Crippen LogP contribution < -0.4 is 0 Å². The van der Waals surface area contributed by atoms with E-state index in [1.165, 1.54) is 8.61 Å². The fourth-order valence-corrected chi connectivity index (χ4v) is 5.28. The molecule has 1 aromatic carbocycles. The molecule has 1 fully saturated rings. The number of carbonyl (C=O) groups is 1. The predicted octanol–water partition coefficient (Wildman–Crippen LogP) is 2.31. The normalized spacial score (nSPS) is 16.6. The van der Waals surface area contributed by atoms with Crippen molar-refractivity contribution in [1.29, 1.82) is 0 Å². The van der Waals surface area contributed by atoms with E-state index in [1.807, 2.05) is 38.1 Å². The lowest BCUT2D eigenvalue weighted by Crippen LogP contribution is -2.52. The monoisotopic (exact) mass is 423 g/mol. The third-order valence-electron chi connectivity index (χ3n) is 5.23. The molecular formula is C20H29N3O5S. The molecule has 0 bridgehead atoms. The van der Waals surface area contributed by atoms with Crippen LogP contribution in [0.4, 0.5) is 0 Å². The molecule has 2 aromatic rings. The summed E-state index contributed by atoms with van der Waals surface area (Å²) in [5.41, 5.74) is 1.44. The van der Waals surface area contributed by atoms with Crippen molar-refractivity contribution >= 4 is 27.1 Å². The molecular weight excluding hydrogens is 394 g/mol. The highest BCUT2D eigenvalue weighted by Gasteiger charge is 2.32. The second-order valence-electron chi connectivity index (χ2n) is 6.89. The summed E-state index contributed by atoms with van der Waals surface area (Å²) in [5, 5.41) is 0.883. The summed E-state index contributed by atoms with van der Waals surface area (Å²) in [6, 6.07) is 7.53. The molecule has 3 rings (SSSR count). The van der Waals surface area contributed by atoms with Gasteiger partial charge in [0.1, 0.15) is 5.58 Å². The second kappa shape index (κ2) is 9.25. The van der Waals surface area contributed by atoms with Crippen LogP contribution in [0.2, 0.25) is 0 Å². The Kier molecular flexibility index (Phi) is 6.94. The highest BCUT2D eigenvalue weighted by atomic mass is 32.2. The SMILES string of the molecule is CCOC(=O)c1oc2ccccc2c1CN1CCN(S(=O)(=O)N(CC)CC)CC1.